The maximum Gasteiger partial charge on any atom is 0.126 e. The Hall–Kier alpha value is -1.84. The van der Waals surface area contributed by atoms with Crippen LogP contribution >= 0.6 is 0 Å². The highest BCUT2D eigenvalue weighted by Gasteiger charge is 2.09. The fourth-order valence-electron chi connectivity index (χ4n) is 2.01. The molecule has 0 unspecified atom stereocenters. The predicted octanol–water partition coefficient (Wildman–Crippen LogP) is 1.97. The van der Waals surface area contributed by atoms with Gasteiger partial charge in [0.05, 0.1) is 13.2 Å². The molecule has 0 saturated heterocycles. The van der Waals surface area contributed by atoms with Crippen LogP contribution in [0.2, 0.25) is 0 Å². The van der Waals surface area contributed by atoms with Gasteiger partial charge in [0.15, 0.2) is 0 Å². The number of hydrogen-bond donors (Lipinski definition) is 3. The third kappa shape index (κ3) is 2.70. The second kappa shape index (κ2) is 5.67. The van der Waals surface area contributed by atoms with E-state index >= 15 is 0 Å². The van der Waals surface area contributed by atoms with Crippen molar-refractivity contribution in [3.05, 3.63) is 64.7 Å². The van der Waals surface area contributed by atoms with Gasteiger partial charge in [-0.2, -0.15) is 0 Å². The van der Waals surface area contributed by atoms with Crippen LogP contribution in [-0.2, 0) is 19.6 Å². The summed E-state index contributed by atoms with van der Waals surface area (Å²) in [6, 6.07) is 13.5. The number of aliphatic hydroxyl groups excluding tert-OH is 2. The van der Waals surface area contributed by atoms with Crippen molar-refractivity contribution in [3.8, 4) is 5.75 Å². The van der Waals surface area contributed by atoms with Gasteiger partial charge in [0.25, 0.3) is 0 Å². The second-order valence-corrected chi connectivity index (χ2v) is 4.24. The Morgan fingerprint density at radius 1 is 0.778 bits per heavy atom. The molecular formula is C15H16O3. The lowest BCUT2D eigenvalue weighted by Gasteiger charge is -2.10. The van der Waals surface area contributed by atoms with Gasteiger partial charge in [-0.1, -0.05) is 30.3 Å². The minimum absolute atomic E-state index is 0.0168. The van der Waals surface area contributed by atoms with Gasteiger partial charge < -0.3 is 15.3 Å². The van der Waals surface area contributed by atoms with E-state index in [-0.39, 0.29) is 19.0 Å². The van der Waals surface area contributed by atoms with E-state index in [1.807, 2.05) is 30.3 Å². The van der Waals surface area contributed by atoms with Crippen molar-refractivity contribution in [1.82, 2.24) is 0 Å². The van der Waals surface area contributed by atoms with Gasteiger partial charge in [-0.05, 0) is 29.7 Å². The van der Waals surface area contributed by atoms with Crippen molar-refractivity contribution in [1.29, 1.82) is 0 Å². The summed E-state index contributed by atoms with van der Waals surface area (Å²) in [5.74, 6) is -0.0168. The smallest absolute Gasteiger partial charge is 0.126 e. The van der Waals surface area contributed by atoms with Crippen molar-refractivity contribution in [3.63, 3.8) is 0 Å². The highest BCUT2D eigenvalue weighted by molar-refractivity contribution is 5.44. The number of aromatic hydroxyl groups is 1. The first-order valence-electron chi connectivity index (χ1n) is 5.84. The van der Waals surface area contributed by atoms with Crippen LogP contribution in [0.1, 0.15) is 22.3 Å². The Morgan fingerprint density at radius 2 is 1.33 bits per heavy atom. The lowest BCUT2D eigenvalue weighted by atomic mass is 9.99. The first kappa shape index (κ1) is 12.6. The van der Waals surface area contributed by atoms with Crippen LogP contribution in [0.4, 0.5) is 0 Å². The zero-order valence-corrected chi connectivity index (χ0v) is 10.0. The number of rotatable bonds is 4. The fraction of sp³-hybridized carbons (Fsp3) is 0.200. The third-order valence-corrected chi connectivity index (χ3v) is 2.92. The Kier molecular flexibility index (Phi) is 3.97. The number of benzene rings is 2. The lowest BCUT2D eigenvalue weighted by Crippen LogP contribution is -1.96. The van der Waals surface area contributed by atoms with Gasteiger partial charge in [0.1, 0.15) is 5.75 Å². The van der Waals surface area contributed by atoms with Crippen molar-refractivity contribution in [2.45, 2.75) is 19.6 Å². The van der Waals surface area contributed by atoms with Gasteiger partial charge in [0, 0.05) is 11.1 Å². The molecule has 3 heteroatoms. The molecule has 94 valence electrons. The maximum atomic E-state index is 9.76. The summed E-state index contributed by atoms with van der Waals surface area (Å²) in [6.07, 6.45) is 0.709. The quantitative estimate of drug-likeness (QED) is 0.770. The topological polar surface area (TPSA) is 60.7 Å². The van der Waals surface area contributed by atoms with Gasteiger partial charge in [-0.15, -0.1) is 0 Å². The largest absolute Gasteiger partial charge is 0.507 e. The summed E-state index contributed by atoms with van der Waals surface area (Å²) >= 11 is 0. The minimum Gasteiger partial charge on any atom is -0.507 e. The zero-order chi connectivity index (χ0) is 13.0. The minimum atomic E-state index is -0.235. The van der Waals surface area contributed by atoms with Crippen LogP contribution in [0.25, 0.3) is 0 Å². The van der Waals surface area contributed by atoms with Crippen LogP contribution in [0, 0.1) is 0 Å². The van der Waals surface area contributed by atoms with Crippen molar-refractivity contribution >= 4 is 0 Å². The fourth-order valence-corrected chi connectivity index (χ4v) is 2.01. The van der Waals surface area contributed by atoms with Crippen LogP contribution < -0.4 is 0 Å². The molecule has 3 nitrogen and oxygen atoms in total. The summed E-state index contributed by atoms with van der Waals surface area (Å²) in [4.78, 5) is 0. The average Bonchev–Trinajstić information content (AvgIpc) is 2.41. The van der Waals surface area contributed by atoms with E-state index in [2.05, 4.69) is 0 Å². The van der Waals surface area contributed by atoms with Gasteiger partial charge >= 0.3 is 0 Å². The van der Waals surface area contributed by atoms with Crippen molar-refractivity contribution in [2.24, 2.45) is 0 Å². The van der Waals surface area contributed by atoms with Gasteiger partial charge in [-0.25, -0.2) is 0 Å². The van der Waals surface area contributed by atoms with E-state index in [0.717, 1.165) is 11.1 Å². The molecule has 18 heavy (non-hydrogen) atoms. The van der Waals surface area contributed by atoms with E-state index in [9.17, 15) is 15.3 Å². The lowest BCUT2D eigenvalue weighted by molar-refractivity contribution is 0.263. The van der Waals surface area contributed by atoms with E-state index in [4.69, 9.17) is 0 Å². The molecule has 2 aromatic rings. The molecule has 0 aliphatic rings. The van der Waals surface area contributed by atoms with Crippen molar-refractivity contribution in [2.75, 3.05) is 0 Å². The molecule has 0 aromatic heterocycles. The molecule has 2 aromatic carbocycles. The molecule has 0 aliphatic carbocycles. The van der Waals surface area contributed by atoms with E-state index in [0.29, 0.717) is 17.5 Å². The molecule has 0 spiro atoms. The summed E-state index contributed by atoms with van der Waals surface area (Å²) in [5, 5.41) is 28.1. The van der Waals surface area contributed by atoms with Crippen LogP contribution in [0.3, 0.4) is 0 Å². The molecule has 3 N–H and O–H groups in total. The van der Waals surface area contributed by atoms with Gasteiger partial charge in [0.2, 0.25) is 0 Å². The van der Waals surface area contributed by atoms with Gasteiger partial charge in [-0.3, -0.25) is 0 Å². The van der Waals surface area contributed by atoms with E-state index in [1.54, 1.807) is 12.1 Å². The molecule has 0 aliphatic heterocycles. The first-order valence-corrected chi connectivity index (χ1v) is 5.84. The summed E-state index contributed by atoms with van der Waals surface area (Å²) in [6.45, 7) is -0.469. The molecule has 0 fully saturated rings. The molecule has 0 amide bonds. The highest BCUT2D eigenvalue weighted by atomic mass is 16.3. The molecule has 0 bridgehead atoms. The number of hydrogen-bond acceptors (Lipinski definition) is 3. The zero-order valence-electron chi connectivity index (χ0n) is 10.0. The monoisotopic (exact) mass is 244 g/mol. The Labute approximate surface area is 106 Å². The third-order valence-electron chi connectivity index (χ3n) is 2.92. The summed E-state index contributed by atoms with van der Waals surface area (Å²) < 4.78 is 0. The second-order valence-electron chi connectivity index (χ2n) is 4.24. The Morgan fingerprint density at radius 3 is 1.83 bits per heavy atom. The molecule has 0 saturated carbocycles. The first-order chi connectivity index (χ1) is 8.74. The number of aliphatic hydroxyl groups is 2. The maximum absolute atomic E-state index is 9.76. The predicted molar refractivity (Wildman–Crippen MR) is 69.2 cm³/mol. The van der Waals surface area contributed by atoms with E-state index in [1.165, 1.54) is 0 Å². The SMILES string of the molecule is OCc1cc(Cc2ccccc2)cc(CO)c1O. The molecule has 2 rings (SSSR count). The molecular weight excluding hydrogens is 228 g/mol. The molecule has 0 heterocycles. The summed E-state index contributed by atoms with van der Waals surface area (Å²) in [5.41, 5.74) is 3.02. The Balaban J connectivity index is 2.34. The standard InChI is InChI=1S/C15H16O3/c16-9-13-7-12(8-14(10-17)15(13)18)6-11-4-2-1-3-5-11/h1-5,7-8,16-18H,6,9-10H2. The highest BCUT2D eigenvalue weighted by Crippen LogP contribution is 2.26. The molecule has 0 radical (unpaired) electrons. The number of phenols is 1. The van der Waals surface area contributed by atoms with Crippen LogP contribution in [0.15, 0.2) is 42.5 Å². The van der Waals surface area contributed by atoms with Crippen LogP contribution in [0.5, 0.6) is 5.75 Å². The Bertz CT molecular complexity index is 496. The average molecular weight is 244 g/mol. The van der Waals surface area contributed by atoms with Crippen molar-refractivity contribution < 1.29 is 15.3 Å². The normalized spacial score (nSPS) is 10.6. The van der Waals surface area contributed by atoms with Crippen LogP contribution in [-0.4, -0.2) is 15.3 Å². The summed E-state index contributed by atoms with van der Waals surface area (Å²) in [7, 11) is 0. The van der Waals surface area contributed by atoms with E-state index < -0.39 is 0 Å². The molecule has 0 atom stereocenters.